The Balaban J connectivity index is 0.00000300. The maximum atomic E-state index is 5.80. The van der Waals surface area contributed by atoms with Crippen LogP contribution in [0.5, 0.6) is 0 Å². The molecule has 2 aromatic carbocycles. The van der Waals surface area contributed by atoms with Gasteiger partial charge in [0.25, 0.3) is 0 Å². The summed E-state index contributed by atoms with van der Waals surface area (Å²) in [5.74, 6) is 0.841. The van der Waals surface area contributed by atoms with Gasteiger partial charge in [0.05, 0.1) is 25.9 Å². The van der Waals surface area contributed by atoms with Gasteiger partial charge in [-0.15, -0.1) is 24.0 Å². The van der Waals surface area contributed by atoms with E-state index in [2.05, 4.69) is 58.9 Å². The first-order valence-electron chi connectivity index (χ1n) is 10.2. The Morgan fingerprint density at radius 1 is 1.00 bits per heavy atom. The summed E-state index contributed by atoms with van der Waals surface area (Å²) in [6, 6.07) is 18.7. The van der Waals surface area contributed by atoms with Crippen LogP contribution < -0.4 is 10.6 Å². The zero-order chi connectivity index (χ0) is 19.4. The molecule has 0 bridgehead atoms. The molecule has 3 rings (SSSR count). The molecule has 0 saturated carbocycles. The highest BCUT2D eigenvalue weighted by molar-refractivity contribution is 14.0. The Bertz CT molecular complexity index is 717. The second kappa shape index (κ2) is 13.6. The third-order valence-corrected chi connectivity index (χ3v) is 4.69. The van der Waals surface area contributed by atoms with Gasteiger partial charge >= 0.3 is 0 Å². The summed E-state index contributed by atoms with van der Waals surface area (Å²) in [5, 5.41) is 6.68. The number of hydrogen-bond donors (Lipinski definition) is 2. The molecular weight excluding hydrogens is 477 g/mol. The molecule has 1 heterocycles. The van der Waals surface area contributed by atoms with E-state index >= 15 is 0 Å². The molecule has 5 nitrogen and oxygen atoms in total. The number of hydrogen-bond acceptors (Lipinski definition) is 3. The molecule has 1 unspecified atom stereocenters. The molecule has 1 fully saturated rings. The molecule has 0 aliphatic carbocycles. The largest absolute Gasteiger partial charge is 0.376 e. The van der Waals surface area contributed by atoms with Crippen molar-refractivity contribution in [3.63, 3.8) is 0 Å². The number of ether oxygens (including phenoxy) is 2. The molecule has 0 spiro atoms. The monoisotopic (exact) mass is 509 g/mol. The Morgan fingerprint density at radius 2 is 1.69 bits per heavy atom. The van der Waals surface area contributed by atoms with Crippen molar-refractivity contribution in [3.05, 3.63) is 71.3 Å². The molecule has 2 aromatic rings. The SMILES string of the molecule is CCNC(=NCc1ccc(COCc2ccccc2)cc1)NCC1CCCO1.I. The second-order valence-corrected chi connectivity index (χ2v) is 7.01. The standard InChI is InChI=1S/C23H31N3O2.HI/c1-2-24-23(26-16-22-9-6-14-28-22)25-15-19-10-12-21(13-11-19)18-27-17-20-7-4-3-5-8-20;/h3-5,7-8,10-13,22H,2,6,9,14-18H2,1H3,(H2,24,25,26);1H. The lowest BCUT2D eigenvalue weighted by atomic mass is 10.1. The molecule has 158 valence electrons. The van der Waals surface area contributed by atoms with E-state index in [0.29, 0.717) is 25.9 Å². The molecule has 1 atom stereocenters. The third-order valence-electron chi connectivity index (χ3n) is 4.69. The molecule has 0 aromatic heterocycles. The predicted molar refractivity (Wildman–Crippen MR) is 129 cm³/mol. The Kier molecular flexibility index (Phi) is 11.1. The summed E-state index contributed by atoms with van der Waals surface area (Å²) in [4.78, 5) is 4.68. The summed E-state index contributed by atoms with van der Waals surface area (Å²) in [7, 11) is 0. The Morgan fingerprint density at radius 3 is 2.34 bits per heavy atom. The minimum Gasteiger partial charge on any atom is -0.376 e. The zero-order valence-electron chi connectivity index (χ0n) is 17.1. The van der Waals surface area contributed by atoms with Crippen molar-refractivity contribution < 1.29 is 9.47 Å². The maximum absolute atomic E-state index is 5.80. The van der Waals surface area contributed by atoms with Crippen LogP contribution in [0.2, 0.25) is 0 Å². The van der Waals surface area contributed by atoms with Crippen LogP contribution >= 0.6 is 24.0 Å². The average molecular weight is 509 g/mol. The van der Waals surface area contributed by atoms with Crippen molar-refractivity contribution in [2.24, 2.45) is 4.99 Å². The van der Waals surface area contributed by atoms with Gasteiger partial charge < -0.3 is 20.1 Å². The fourth-order valence-electron chi connectivity index (χ4n) is 3.13. The number of halogens is 1. The van der Waals surface area contributed by atoms with Gasteiger partial charge in [0.1, 0.15) is 0 Å². The van der Waals surface area contributed by atoms with E-state index in [-0.39, 0.29) is 24.0 Å². The first-order valence-corrected chi connectivity index (χ1v) is 10.2. The highest BCUT2D eigenvalue weighted by atomic mass is 127. The van der Waals surface area contributed by atoms with Gasteiger partial charge in [-0.1, -0.05) is 54.6 Å². The van der Waals surface area contributed by atoms with E-state index in [1.54, 1.807) is 0 Å². The summed E-state index contributed by atoms with van der Waals surface area (Å²) < 4.78 is 11.5. The van der Waals surface area contributed by atoms with Gasteiger partial charge in [0.15, 0.2) is 5.96 Å². The van der Waals surface area contributed by atoms with Gasteiger partial charge in [-0.05, 0) is 36.5 Å². The molecule has 29 heavy (non-hydrogen) atoms. The van der Waals surface area contributed by atoms with Crippen molar-refractivity contribution in [1.29, 1.82) is 0 Å². The molecule has 2 N–H and O–H groups in total. The minimum atomic E-state index is 0. The molecule has 0 amide bonds. The predicted octanol–water partition coefficient (Wildman–Crippen LogP) is 4.26. The van der Waals surface area contributed by atoms with Gasteiger partial charge in [-0.2, -0.15) is 0 Å². The van der Waals surface area contributed by atoms with Gasteiger partial charge in [-0.25, -0.2) is 4.99 Å². The maximum Gasteiger partial charge on any atom is 0.191 e. The summed E-state index contributed by atoms with van der Waals surface area (Å²) >= 11 is 0. The lowest BCUT2D eigenvalue weighted by molar-refractivity contribution is 0.107. The van der Waals surface area contributed by atoms with Gasteiger partial charge in [0, 0.05) is 19.7 Å². The van der Waals surface area contributed by atoms with Gasteiger partial charge in [0.2, 0.25) is 0 Å². The van der Waals surface area contributed by atoms with Crippen LogP contribution in [0.4, 0.5) is 0 Å². The number of rotatable bonds is 9. The van der Waals surface area contributed by atoms with Gasteiger partial charge in [-0.3, -0.25) is 0 Å². The first-order chi connectivity index (χ1) is 13.8. The highest BCUT2D eigenvalue weighted by Gasteiger charge is 2.15. The third kappa shape index (κ3) is 8.72. The highest BCUT2D eigenvalue weighted by Crippen LogP contribution is 2.11. The molecule has 1 aliphatic heterocycles. The fraction of sp³-hybridized carbons (Fsp3) is 0.435. The van der Waals surface area contributed by atoms with Crippen LogP contribution in [-0.4, -0.2) is 31.8 Å². The topological polar surface area (TPSA) is 54.9 Å². The van der Waals surface area contributed by atoms with Crippen molar-refractivity contribution in [1.82, 2.24) is 10.6 Å². The summed E-state index contributed by atoms with van der Waals surface area (Å²) in [5.41, 5.74) is 3.55. The van der Waals surface area contributed by atoms with Crippen molar-refractivity contribution in [2.45, 2.75) is 45.6 Å². The smallest absolute Gasteiger partial charge is 0.191 e. The van der Waals surface area contributed by atoms with E-state index in [9.17, 15) is 0 Å². The van der Waals surface area contributed by atoms with Crippen LogP contribution in [0.1, 0.15) is 36.5 Å². The number of aliphatic imine (C=N–C) groups is 1. The molecule has 6 heteroatoms. The number of guanidine groups is 1. The summed E-state index contributed by atoms with van der Waals surface area (Å²) in [6.45, 7) is 6.50. The minimum absolute atomic E-state index is 0. The van der Waals surface area contributed by atoms with Crippen LogP contribution in [0.15, 0.2) is 59.6 Å². The van der Waals surface area contributed by atoms with Crippen LogP contribution in [0.3, 0.4) is 0 Å². The molecular formula is C23H32IN3O2. The number of nitrogens with one attached hydrogen (secondary N) is 2. The van der Waals surface area contributed by atoms with E-state index in [0.717, 1.165) is 38.5 Å². The van der Waals surface area contributed by atoms with Crippen LogP contribution in [-0.2, 0) is 29.2 Å². The van der Waals surface area contributed by atoms with Crippen molar-refractivity contribution in [2.75, 3.05) is 19.7 Å². The fourth-order valence-corrected chi connectivity index (χ4v) is 3.13. The van der Waals surface area contributed by atoms with Crippen molar-refractivity contribution >= 4 is 29.9 Å². The lowest BCUT2D eigenvalue weighted by Crippen LogP contribution is -2.41. The summed E-state index contributed by atoms with van der Waals surface area (Å²) in [6.07, 6.45) is 2.58. The number of benzene rings is 2. The average Bonchev–Trinajstić information content (AvgIpc) is 3.25. The zero-order valence-corrected chi connectivity index (χ0v) is 19.4. The molecule has 1 aliphatic rings. The van der Waals surface area contributed by atoms with E-state index in [1.165, 1.54) is 16.7 Å². The van der Waals surface area contributed by atoms with E-state index in [1.807, 2.05) is 18.2 Å². The Labute approximate surface area is 191 Å². The van der Waals surface area contributed by atoms with Crippen LogP contribution in [0.25, 0.3) is 0 Å². The second-order valence-electron chi connectivity index (χ2n) is 7.01. The quantitative estimate of drug-likeness (QED) is 0.302. The normalized spacial score (nSPS) is 16.3. The van der Waals surface area contributed by atoms with Crippen LogP contribution in [0, 0.1) is 0 Å². The van der Waals surface area contributed by atoms with E-state index < -0.39 is 0 Å². The van der Waals surface area contributed by atoms with E-state index in [4.69, 9.17) is 9.47 Å². The molecule has 1 saturated heterocycles. The molecule has 0 radical (unpaired) electrons. The lowest BCUT2D eigenvalue weighted by Gasteiger charge is -2.14. The number of nitrogens with zero attached hydrogens (tertiary/aromatic N) is 1. The Hall–Kier alpha value is -1.64. The first kappa shape index (κ1) is 23.6. The van der Waals surface area contributed by atoms with Crippen molar-refractivity contribution in [3.8, 4) is 0 Å².